The largest absolute Gasteiger partial charge is 0.351 e. The fraction of sp³-hybridized carbons (Fsp3) is 0.0952. The van der Waals surface area contributed by atoms with Crippen LogP contribution >= 0.6 is 34.7 Å². The van der Waals surface area contributed by atoms with E-state index in [0.717, 1.165) is 17.3 Å². The maximum atomic E-state index is 14.4. The van der Waals surface area contributed by atoms with E-state index in [2.05, 4.69) is 10.3 Å². The molecule has 2 heterocycles. The number of fused-ring (bicyclic) bond motifs is 1. The van der Waals surface area contributed by atoms with E-state index in [-0.39, 0.29) is 34.6 Å². The van der Waals surface area contributed by atoms with Crippen molar-refractivity contribution in [2.24, 2.45) is 0 Å². The standard InChI is InChI=1S/C21H15ClFN3O2S2/c22-14-6-2-1-5-13(14)11-24-18(27)12-30-21-25-16-9-10-29-19(16)20(28)26(21)17-8-4-3-7-15(17)23/h1-10H,11-12H2,(H,24,27). The van der Waals surface area contributed by atoms with Crippen LogP contribution in [0.4, 0.5) is 4.39 Å². The average Bonchev–Trinajstić information content (AvgIpc) is 3.22. The molecule has 5 nitrogen and oxygen atoms in total. The summed E-state index contributed by atoms with van der Waals surface area (Å²) in [7, 11) is 0. The number of hydrogen-bond donors (Lipinski definition) is 1. The number of nitrogens with zero attached hydrogens (tertiary/aromatic N) is 2. The first-order chi connectivity index (χ1) is 14.5. The lowest BCUT2D eigenvalue weighted by Gasteiger charge is -2.13. The van der Waals surface area contributed by atoms with Gasteiger partial charge in [-0.15, -0.1) is 11.3 Å². The lowest BCUT2D eigenvalue weighted by Crippen LogP contribution is -2.26. The molecule has 1 amide bonds. The Hall–Kier alpha value is -2.68. The molecule has 0 aliphatic carbocycles. The number of para-hydroxylation sites is 1. The third-order valence-corrected chi connectivity index (χ3v) is 6.51. The second kappa shape index (κ2) is 8.99. The van der Waals surface area contributed by atoms with Crippen LogP contribution in [0.1, 0.15) is 5.56 Å². The van der Waals surface area contributed by atoms with Gasteiger partial charge in [-0.3, -0.25) is 14.2 Å². The smallest absolute Gasteiger partial charge is 0.276 e. The molecule has 1 N–H and O–H groups in total. The van der Waals surface area contributed by atoms with Gasteiger partial charge in [0.05, 0.1) is 17.0 Å². The van der Waals surface area contributed by atoms with Crippen molar-refractivity contribution in [3.63, 3.8) is 0 Å². The van der Waals surface area contributed by atoms with Gasteiger partial charge in [0.1, 0.15) is 10.5 Å². The second-order valence-electron chi connectivity index (χ2n) is 6.28. The van der Waals surface area contributed by atoms with Crippen molar-refractivity contribution in [3.05, 3.63) is 86.7 Å². The number of carbonyl (C=O) groups excluding carboxylic acids is 1. The molecule has 4 aromatic rings. The molecule has 0 aliphatic heterocycles. The van der Waals surface area contributed by atoms with Crippen molar-refractivity contribution in [2.45, 2.75) is 11.7 Å². The van der Waals surface area contributed by atoms with Crippen LogP contribution in [0.15, 0.2) is 69.9 Å². The zero-order valence-corrected chi connectivity index (χ0v) is 17.9. The summed E-state index contributed by atoms with van der Waals surface area (Å²) in [6.07, 6.45) is 0. The Morgan fingerprint density at radius 1 is 1.17 bits per heavy atom. The number of halogens is 2. The normalized spacial score (nSPS) is 11.0. The van der Waals surface area contributed by atoms with Crippen molar-refractivity contribution in [3.8, 4) is 5.69 Å². The van der Waals surface area contributed by atoms with Crippen LogP contribution in [0.25, 0.3) is 15.9 Å². The number of nitrogens with one attached hydrogen (secondary N) is 1. The summed E-state index contributed by atoms with van der Waals surface area (Å²) in [5.41, 5.74) is 1.07. The molecule has 9 heteroatoms. The van der Waals surface area contributed by atoms with Gasteiger partial charge in [-0.05, 0) is 35.2 Å². The molecule has 4 rings (SSSR count). The summed E-state index contributed by atoms with van der Waals surface area (Å²) in [5, 5.41) is 5.38. The van der Waals surface area contributed by atoms with Gasteiger partial charge in [-0.25, -0.2) is 9.37 Å². The highest BCUT2D eigenvalue weighted by atomic mass is 35.5. The van der Waals surface area contributed by atoms with Crippen molar-refractivity contribution in [2.75, 3.05) is 5.75 Å². The Morgan fingerprint density at radius 3 is 2.73 bits per heavy atom. The van der Waals surface area contributed by atoms with E-state index in [1.54, 1.807) is 29.6 Å². The van der Waals surface area contributed by atoms with E-state index in [0.29, 0.717) is 15.2 Å². The van der Waals surface area contributed by atoms with Gasteiger partial charge in [0.2, 0.25) is 5.91 Å². The fourth-order valence-electron chi connectivity index (χ4n) is 2.85. The number of thiophene rings is 1. The highest BCUT2D eigenvalue weighted by Crippen LogP contribution is 2.24. The SMILES string of the molecule is O=C(CSc1nc2ccsc2c(=O)n1-c1ccccc1F)NCc1ccccc1Cl. The van der Waals surface area contributed by atoms with Crippen LogP contribution in [0, 0.1) is 5.82 Å². The molecule has 2 aromatic heterocycles. The molecular formula is C21H15ClFN3O2S2. The second-order valence-corrected chi connectivity index (χ2v) is 8.54. The molecule has 2 aromatic carbocycles. The van der Waals surface area contributed by atoms with Gasteiger partial charge in [-0.2, -0.15) is 0 Å². The Morgan fingerprint density at radius 2 is 1.93 bits per heavy atom. The predicted octanol–water partition coefficient (Wildman–Crippen LogP) is 4.65. The van der Waals surface area contributed by atoms with Crippen molar-refractivity contribution in [1.82, 2.24) is 14.9 Å². The Kier molecular flexibility index (Phi) is 6.17. The summed E-state index contributed by atoms with van der Waals surface area (Å²) >= 11 is 8.43. The number of aromatic nitrogens is 2. The van der Waals surface area contributed by atoms with Crippen molar-refractivity contribution < 1.29 is 9.18 Å². The maximum Gasteiger partial charge on any atom is 0.276 e. The zero-order valence-electron chi connectivity index (χ0n) is 15.5. The summed E-state index contributed by atoms with van der Waals surface area (Å²) in [4.78, 5) is 29.8. The van der Waals surface area contributed by atoms with Gasteiger partial charge in [0.25, 0.3) is 5.56 Å². The van der Waals surface area contributed by atoms with E-state index in [1.807, 2.05) is 18.2 Å². The van der Waals surface area contributed by atoms with E-state index in [4.69, 9.17) is 11.6 Å². The van der Waals surface area contributed by atoms with Crippen LogP contribution in [0.3, 0.4) is 0 Å². The number of hydrogen-bond acceptors (Lipinski definition) is 5. The first-order valence-electron chi connectivity index (χ1n) is 8.92. The summed E-state index contributed by atoms with van der Waals surface area (Å²) < 4.78 is 16.1. The van der Waals surface area contributed by atoms with Gasteiger partial charge in [0.15, 0.2) is 5.16 Å². The lowest BCUT2D eigenvalue weighted by molar-refractivity contribution is -0.118. The zero-order chi connectivity index (χ0) is 21.1. The van der Waals surface area contributed by atoms with Crippen LogP contribution < -0.4 is 10.9 Å². The highest BCUT2D eigenvalue weighted by molar-refractivity contribution is 7.99. The molecule has 0 aliphatic rings. The monoisotopic (exact) mass is 459 g/mol. The van der Waals surface area contributed by atoms with E-state index in [9.17, 15) is 14.0 Å². The molecule has 0 saturated heterocycles. The molecule has 0 bridgehead atoms. The Bertz CT molecular complexity index is 1290. The van der Waals surface area contributed by atoms with Gasteiger partial charge < -0.3 is 5.32 Å². The molecule has 0 unspecified atom stereocenters. The van der Waals surface area contributed by atoms with Crippen LogP contribution in [-0.4, -0.2) is 21.2 Å². The Labute approximate surface area is 184 Å². The number of carbonyl (C=O) groups is 1. The molecule has 0 atom stereocenters. The van der Waals surface area contributed by atoms with E-state index >= 15 is 0 Å². The Balaban J connectivity index is 1.58. The fourth-order valence-corrected chi connectivity index (χ4v) is 4.65. The number of amides is 1. The van der Waals surface area contributed by atoms with Crippen LogP contribution in [0.2, 0.25) is 5.02 Å². The third-order valence-electron chi connectivity index (χ3n) is 4.31. The molecule has 0 fully saturated rings. The van der Waals surface area contributed by atoms with Gasteiger partial charge in [0, 0.05) is 11.6 Å². The maximum absolute atomic E-state index is 14.4. The molecule has 0 spiro atoms. The third kappa shape index (κ3) is 4.26. The minimum absolute atomic E-state index is 0.0149. The summed E-state index contributed by atoms with van der Waals surface area (Å²) in [6.45, 7) is 0.288. The quantitative estimate of drug-likeness (QED) is 0.337. The van der Waals surface area contributed by atoms with E-state index in [1.165, 1.54) is 28.0 Å². The minimum Gasteiger partial charge on any atom is -0.351 e. The van der Waals surface area contributed by atoms with E-state index < -0.39 is 5.82 Å². The van der Waals surface area contributed by atoms with Crippen LogP contribution in [0.5, 0.6) is 0 Å². The predicted molar refractivity (Wildman–Crippen MR) is 119 cm³/mol. The molecular weight excluding hydrogens is 445 g/mol. The number of thioether (sulfide) groups is 1. The van der Waals surface area contributed by atoms with Crippen LogP contribution in [-0.2, 0) is 11.3 Å². The summed E-state index contributed by atoms with van der Waals surface area (Å²) in [5.74, 6) is -0.775. The summed E-state index contributed by atoms with van der Waals surface area (Å²) in [6, 6.07) is 15.0. The highest BCUT2D eigenvalue weighted by Gasteiger charge is 2.17. The van der Waals surface area contributed by atoms with Gasteiger partial charge in [-0.1, -0.05) is 53.7 Å². The molecule has 30 heavy (non-hydrogen) atoms. The first kappa shape index (κ1) is 20.6. The van der Waals surface area contributed by atoms with Gasteiger partial charge >= 0.3 is 0 Å². The number of benzene rings is 2. The molecule has 152 valence electrons. The topological polar surface area (TPSA) is 64.0 Å². The average molecular weight is 460 g/mol. The minimum atomic E-state index is -0.540. The molecule has 0 radical (unpaired) electrons. The molecule has 0 saturated carbocycles. The lowest BCUT2D eigenvalue weighted by atomic mass is 10.2. The van der Waals surface area contributed by atoms with Crippen molar-refractivity contribution >= 4 is 50.8 Å². The van der Waals surface area contributed by atoms with Crippen molar-refractivity contribution in [1.29, 1.82) is 0 Å². The number of rotatable bonds is 6. The first-order valence-corrected chi connectivity index (χ1v) is 11.2.